The molecule has 0 radical (unpaired) electrons. The van der Waals surface area contributed by atoms with Crippen LogP contribution < -0.4 is 14.5 Å². The molecule has 1 saturated heterocycles. The Hall–Kier alpha value is -4.72. The molecule has 0 aliphatic carbocycles. The predicted octanol–water partition coefficient (Wildman–Crippen LogP) is 6.48. The Morgan fingerprint density at radius 3 is 2.52 bits per heavy atom. The summed E-state index contributed by atoms with van der Waals surface area (Å²) in [6, 6.07) is 15.0. The molecule has 3 aromatic carbocycles. The van der Waals surface area contributed by atoms with Gasteiger partial charge in [0, 0.05) is 19.8 Å². The number of anilines is 2. The van der Waals surface area contributed by atoms with Crippen molar-refractivity contribution >= 4 is 57.2 Å². The van der Waals surface area contributed by atoms with E-state index in [9.17, 15) is 22.8 Å². The van der Waals surface area contributed by atoms with Gasteiger partial charge in [0.2, 0.25) is 5.91 Å². The maximum absolute atomic E-state index is 15.4. The second-order valence-electron chi connectivity index (χ2n) is 10.1. The number of aromatic nitrogens is 2. The standard InChI is InChI=1S/C30H26F4N6O3S/c1-17(2)21-7-5-6-8-23(21)40-25(41)16-44-29(40)36-35-15-18-13-22(31)26-24(14-18)39(4)37-27(26)28(42)38(3)19-9-11-20(12-10-19)43-30(32,33)34/h5-15,17H,16H2,1-4H3/b35-15+,36-29-. The van der Waals surface area contributed by atoms with Crippen LogP contribution in [0.25, 0.3) is 10.9 Å². The molecule has 44 heavy (non-hydrogen) atoms. The number of amides is 2. The Kier molecular flexibility index (Phi) is 8.46. The van der Waals surface area contributed by atoms with Gasteiger partial charge in [-0.1, -0.05) is 43.8 Å². The van der Waals surface area contributed by atoms with E-state index in [0.717, 1.165) is 28.3 Å². The highest BCUT2D eigenvalue weighted by Gasteiger charge is 2.32. The molecule has 2 amide bonds. The van der Waals surface area contributed by atoms with Crippen LogP contribution in [0, 0.1) is 5.82 Å². The molecule has 2 heterocycles. The van der Waals surface area contributed by atoms with Crippen LogP contribution in [-0.2, 0) is 11.8 Å². The molecule has 228 valence electrons. The predicted molar refractivity (Wildman–Crippen MR) is 162 cm³/mol. The van der Waals surface area contributed by atoms with Gasteiger partial charge in [0.05, 0.1) is 28.6 Å². The van der Waals surface area contributed by atoms with Crippen LogP contribution in [0.15, 0.2) is 70.9 Å². The third kappa shape index (κ3) is 6.30. The lowest BCUT2D eigenvalue weighted by Gasteiger charge is -2.20. The second kappa shape index (κ2) is 12.1. The molecule has 1 aliphatic rings. The molecule has 1 fully saturated rings. The molecular weight excluding hydrogens is 600 g/mol. The lowest BCUT2D eigenvalue weighted by atomic mass is 10.0. The summed E-state index contributed by atoms with van der Waals surface area (Å²) in [7, 11) is 2.95. The molecule has 0 saturated carbocycles. The fourth-order valence-electron chi connectivity index (χ4n) is 4.73. The van der Waals surface area contributed by atoms with Gasteiger partial charge in [-0.25, -0.2) is 4.39 Å². The number of halogens is 4. The minimum absolute atomic E-state index is 0.0294. The van der Waals surface area contributed by atoms with Gasteiger partial charge >= 0.3 is 6.36 Å². The molecule has 0 bridgehead atoms. The third-order valence-corrected chi connectivity index (χ3v) is 7.72. The summed E-state index contributed by atoms with van der Waals surface area (Å²) < 4.78 is 58.1. The minimum Gasteiger partial charge on any atom is -0.406 e. The monoisotopic (exact) mass is 626 g/mol. The van der Waals surface area contributed by atoms with Crippen LogP contribution in [0.1, 0.15) is 41.4 Å². The summed E-state index contributed by atoms with van der Waals surface area (Å²) in [6.45, 7) is 4.08. The van der Waals surface area contributed by atoms with Crippen molar-refractivity contribution in [1.82, 2.24) is 9.78 Å². The van der Waals surface area contributed by atoms with E-state index in [1.807, 2.05) is 38.1 Å². The average molecular weight is 627 g/mol. The number of para-hydroxylation sites is 1. The van der Waals surface area contributed by atoms with Gasteiger partial charge in [0.25, 0.3) is 5.91 Å². The maximum atomic E-state index is 15.4. The lowest BCUT2D eigenvalue weighted by molar-refractivity contribution is -0.274. The first-order valence-corrected chi connectivity index (χ1v) is 14.3. The Morgan fingerprint density at radius 1 is 1.14 bits per heavy atom. The van der Waals surface area contributed by atoms with Crippen molar-refractivity contribution in [3.8, 4) is 5.75 Å². The van der Waals surface area contributed by atoms with E-state index < -0.39 is 23.8 Å². The molecular formula is C30H26F4N6O3S. The summed E-state index contributed by atoms with van der Waals surface area (Å²) in [5.41, 5.74) is 2.46. The molecule has 0 atom stereocenters. The zero-order chi connectivity index (χ0) is 31.8. The van der Waals surface area contributed by atoms with Gasteiger partial charge < -0.3 is 9.64 Å². The summed E-state index contributed by atoms with van der Waals surface area (Å²) in [5, 5.41) is 13.0. The molecule has 0 spiro atoms. The summed E-state index contributed by atoms with van der Waals surface area (Å²) >= 11 is 1.25. The Bertz CT molecular complexity index is 1800. The number of ether oxygens (including phenoxy) is 1. The quantitative estimate of drug-likeness (QED) is 0.133. The van der Waals surface area contributed by atoms with Crippen molar-refractivity contribution in [3.63, 3.8) is 0 Å². The van der Waals surface area contributed by atoms with E-state index in [1.165, 1.54) is 52.8 Å². The smallest absolute Gasteiger partial charge is 0.406 e. The van der Waals surface area contributed by atoms with Gasteiger partial charge in [-0.05, 0) is 59.5 Å². The van der Waals surface area contributed by atoms with Crippen molar-refractivity contribution in [2.75, 3.05) is 22.6 Å². The SMILES string of the molecule is CC(C)c1ccccc1N1C(=O)CS/C1=N\N=C\c1cc(F)c2c(C(=O)N(C)c3ccc(OC(F)(F)F)cc3)nn(C)c2c1. The van der Waals surface area contributed by atoms with Crippen LogP contribution >= 0.6 is 11.8 Å². The van der Waals surface area contributed by atoms with Gasteiger partial charge in [-0.15, -0.1) is 18.3 Å². The zero-order valence-electron chi connectivity index (χ0n) is 24.0. The average Bonchev–Trinajstić information content (AvgIpc) is 3.51. The van der Waals surface area contributed by atoms with Crippen molar-refractivity contribution < 1.29 is 31.9 Å². The largest absolute Gasteiger partial charge is 0.573 e. The van der Waals surface area contributed by atoms with E-state index in [1.54, 1.807) is 13.1 Å². The van der Waals surface area contributed by atoms with Gasteiger partial charge in [-0.3, -0.25) is 19.2 Å². The summed E-state index contributed by atoms with van der Waals surface area (Å²) in [5.74, 6) is -1.57. The van der Waals surface area contributed by atoms with Gasteiger partial charge in [0.1, 0.15) is 11.6 Å². The zero-order valence-corrected chi connectivity index (χ0v) is 24.8. The first-order chi connectivity index (χ1) is 20.8. The van der Waals surface area contributed by atoms with Crippen molar-refractivity contribution in [3.05, 3.63) is 83.3 Å². The van der Waals surface area contributed by atoms with Crippen LogP contribution in [0.2, 0.25) is 0 Å². The lowest BCUT2D eigenvalue weighted by Crippen LogP contribution is -2.30. The number of aryl methyl sites for hydroxylation is 1. The number of hydrogen-bond acceptors (Lipinski definition) is 7. The molecule has 1 aliphatic heterocycles. The number of carbonyl (C=O) groups excluding carboxylic acids is 2. The minimum atomic E-state index is -4.85. The maximum Gasteiger partial charge on any atom is 0.573 e. The van der Waals surface area contributed by atoms with Crippen molar-refractivity contribution in [2.24, 2.45) is 17.3 Å². The van der Waals surface area contributed by atoms with Crippen LogP contribution in [0.4, 0.5) is 28.9 Å². The molecule has 5 rings (SSSR count). The first kappa shape index (κ1) is 30.7. The topological polar surface area (TPSA) is 92.4 Å². The van der Waals surface area contributed by atoms with E-state index in [0.29, 0.717) is 16.2 Å². The fraction of sp³-hybridized carbons (Fsp3) is 0.233. The fourth-order valence-corrected chi connectivity index (χ4v) is 5.54. The molecule has 9 nitrogen and oxygen atoms in total. The third-order valence-electron chi connectivity index (χ3n) is 6.81. The van der Waals surface area contributed by atoms with Crippen LogP contribution in [0.5, 0.6) is 5.75 Å². The number of amidine groups is 1. The first-order valence-electron chi connectivity index (χ1n) is 13.3. The summed E-state index contributed by atoms with van der Waals surface area (Å²) in [6.07, 6.45) is -3.50. The number of nitrogens with zero attached hydrogens (tertiary/aromatic N) is 6. The second-order valence-corrected chi connectivity index (χ2v) is 11.1. The molecule has 14 heteroatoms. The number of fused-ring (bicyclic) bond motifs is 1. The Labute approximate surface area is 253 Å². The molecule has 4 aromatic rings. The van der Waals surface area contributed by atoms with Crippen molar-refractivity contribution in [1.29, 1.82) is 0 Å². The number of alkyl halides is 3. The van der Waals surface area contributed by atoms with Crippen LogP contribution in [-0.4, -0.2) is 52.1 Å². The van der Waals surface area contributed by atoms with E-state index in [-0.39, 0.29) is 34.3 Å². The van der Waals surface area contributed by atoms with E-state index in [2.05, 4.69) is 20.0 Å². The number of benzene rings is 3. The Morgan fingerprint density at radius 2 is 1.84 bits per heavy atom. The molecule has 1 aromatic heterocycles. The number of rotatable bonds is 7. The highest BCUT2D eigenvalue weighted by molar-refractivity contribution is 8.15. The Balaban J connectivity index is 1.39. The summed E-state index contributed by atoms with van der Waals surface area (Å²) in [4.78, 5) is 28.7. The molecule has 0 N–H and O–H groups in total. The van der Waals surface area contributed by atoms with Gasteiger partial charge in [-0.2, -0.15) is 10.2 Å². The normalized spacial score (nSPS) is 14.9. The van der Waals surface area contributed by atoms with Crippen LogP contribution in [0.3, 0.4) is 0 Å². The molecule has 0 unspecified atom stereocenters. The van der Waals surface area contributed by atoms with E-state index >= 15 is 4.39 Å². The highest BCUT2D eigenvalue weighted by Crippen LogP contribution is 2.33. The number of thioether (sulfide) groups is 1. The number of hydrogen-bond donors (Lipinski definition) is 0. The van der Waals surface area contributed by atoms with Crippen molar-refractivity contribution in [2.45, 2.75) is 26.1 Å². The number of carbonyl (C=O) groups is 2. The van der Waals surface area contributed by atoms with Gasteiger partial charge in [0.15, 0.2) is 10.9 Å². The highest BCUT2D eigenvalue weighted by atomic mass is 32.2. The van der Waals surface area contributed by atoms with E-state index in [4.69, 9.17) is 0 Å².